The Morgan fingerprint density at radius 1 is 1.13 bits per heavy atom. The van der Waals surface area contributed by atoms with Crippen LogP contribution < -0.4 is 4.90 Å². The molecule has 4 aromatic rings. The molecule has 31 heavy (non-hydrogen) atoms. The van der Waals surface area contributed by atoms with Crippen LogP contribution in [-0.4, -0.2) is 30.5 Å². The molecular formula is C22H18ClN3O3S2. The van der Waals surface area contributed by atoms with Crippen molar-refractivity contribution in [2.24, 2.45) is 0 Å². The smallest absolute Gasteiger partial charge is 0.261 e. The maximum atomic E-state index is 13.6. The summed E-state index contributed by atoms with van der Waals surface area (Å²) < 4.78 is 25.4. The van der Waals surface area contributed by atoms with E-state index >= 15 is 0 Å². The second-order valence-corrected chi connectivity index (χ2v) is 10.5. The Hall–Kier alpha value is -2.81. The highest BCUT2D eigenvalue weighted by Crippen LogP contribution is 2.34. The summed E-state index contributed by atoms with van der Waals surface area (Å²) in [5.74, 6) is -0.463. The summed E-state index contributed by atoms with van der Waals surface area (Å²) >= 11 is 7.52. The molecule has 0 bridgehead atoms. The molecule has 0 radical (unpaired) electrons. The number of aryl methyl sites for hydroxylation is 1. The zero-order valence-electron chi connectivity index (χ0n) is 16.7. The van der Waals surface area contributed by atoms with E-state index in [-0.39, 0.29) is 17.0 Å². The molecule has 2 aromatic carbocycles. The standard InChI is InChI=1S/C22H18ClN3O3S2/c1-14-11-15(23)12-18-20(14)25-22(30-18)26(13-16-7-5-6-10-24-16)21(27)17-8-3-4-9-19(17)31(2,28)29/h3-12H,13H2,1-2H3. The molecule has 158 valence electrons. The van der Waals surface area contributed by atoms with E-state index in [1.165, 1.54) is 28.4 Å². The normalized spacial score (nSPS) is 11.6. The third kappa shape index (κ3) is 4.46. The second-order valence-electron chi connectivity index (χ2n) is 7.05. The molecule has 1 amide bonds. The van der Waals surface area contributed by atoms with Crippen LogP contribution in [0.15, 0.2) is 65.7 Å². The van der Waals surface area contributed by atoms with E-state index in [2.05, 4.69) is 9.97 Å². The number of carbonyl (C=O) groups excluding carboxylic acids is 1. The van der Waals surface area contributed by atoms with Crippen LogP contribution >= 0.6 is 22.9 Å². The number of hydrogen-bond donors (Lipinski definition) is 0. The number of amides is 1. The van der Waals surface area contributed by atoms with Gasteiger partial charge in [0, 0.05) is 17.5 Å². The molecule has 0 aliphatic heterocycles. The average molecular weight is 472 g/mol. The molecular weight excluding hydrogens is 454 g/mol. The molecule has 0 fully saturated rings. The van der Waals surface area contributed by atoms with Crippen molar-refractivity contribution in [3.8, 4) is 0 Å². The SMILES string of the molecule is Cc1cc(Cl)cc2sc(N(Cc3ccccn3)C(=O)c3ccccc3S(C)(=O)=O)nc12. The summed E-state index contributed by atoms with van der Waals surface area (Å²) in [5.41, 5.74) is 2.39. The van der Waals surface area contributed by atoms with Crippen LogP contribution in [0.3, 0.4) is 0 Å². The summed E-state index contributed by atoms with van der Waals surface area (Å²) in [6, 6.07) is 15.2. The first-order chi connectivity index (χ1) is 14.7. The maximum Gasteiger partial charge on any atom is 0.261 e. The van der Waals surface area contributed by atoms with E-state index < -0.39 is 15.7 Å². The molecule has 0 unspecified atom stereocenters. The van der Waals surface area contributed by atoms with Crippen LogP contribution in [0.1, 0.15) is 21.6 Å². The number of anilines is 1. The summed E-state index contributed by atoms with van der Waals surface area (Å²) in [7, 11) is -3.60. The van der Waals surface area contributed by atoms with Crippen molar-refractivity contribution >= 4 is 54.0 Å². The van der Waals surface area contributed by atoms with Gasteiger partial charge in [0.15, 0.2) is 15.0 Å². The average Bonchev–Trinajstić information content (AvgIpc) is 3.16. The lowest BCUT2D eigenvalue weighted by atomic mass is 10.2. The van der Waals surface area contributed by atoms with E-state index in [0.29, 0.717) is 15.8 Å². The zero-order chi connectivity index (χ0) is 22.2. The molecule has 2 heterocycles. The van der Waals surface area contributed by atoms with Gasteiger partial charge in [-0.2, -0.15) is 0 Å². The minimum atomic E-state index is -3.60. The van der Waals surface area contributed by atoms with Crippen LogP contribution in [-0.2, 0) is 16.4 Å². The Balaban J connectivity index is 1.87. The highest BCUT2D eigenvalue weighted by atomic mass is 35.5. The molecule has 9 heteroatoms. The number of sulfone groups is 1. The van der Waals surface area contributed by atoms with Crippen molar-refractivity contribution in [1.29, 1.82) is 0 Å². The molecule has 0 aliphatic carbocycles. The van der Waals surface area contributed by atoms with Crippen molar-refractivity contribution in [1.82, 2.24) is 9.97 Å². The topological polar surface area (TPSA) is 80.2 Å². The molecule has 0 atom stereocenters. The predicted octanol–water partition coefficient (Wildman–Crippen LogP) is 4.90. The number of rotatable bonds is 5. The van der Waals surface area contributed by atoms with Crippen molar-refractivity contribution < 1.29 is 13.2 Å². The fourth-order valence-corrected chi connectivity index (χ4v) is 5.55. The van der Waals surface area contributed by atoms with Gasteiger partial charge in [-0.25, -0.2) is 13.4 Å². The Morgan fingerprint density at radius 3 is 2.58 bits per heavy atom. The van der Waals surface area contributed by atoms with Gasteiger partial charge >= 0.3 is 0 Å². The number of carbonyl (C=O) groups is 1. The second kappa shape index (κ2) is 8.37. The minimum Gasteiger partial charge on any atom is -0.278 e. The number of aromatic nitrogens is 2. The number of benzene rings is 2. The molecule has 4 rings (SSSR count). The monoisotopic (exact) mass is 471 g/mol. The zero-order valence-corrected chi connectivity index (χ0v) is 19.1. The first-order valence-corrected chi connectivity index (χ1v) is 12.4. The number of nitrogens with zero attached hydrogens (tertiary/aromatic N) is 3. The van der Waals surface area contributed by atoms with Gasteiger partial charge in [-0.1, -0.05) is 41.1 Å². The van der Waals surface area contributed by atoms with Gasteiger partial charge in [0.2, 0.25) is 0 Å². The lowest BCUT2D eigenvalue weighted by Crippen LogP contribution is -2.31. The minimum absolute atomic E-state index is 0.0219. The van der Waals surface area contributed by atoms with Crippen molar-refractivity contribution in [3.05, 3.63) is 82.6 Å². The van der Waals surface area contributed by atoms with E-state index in [1.807, 2.05) is 19.1 Å². The highest BCUT2D eigenvalue weighted by Gasteiger charge is 2.27. The van der Waals surface area contributed by atoms with E-state index in [4.69, 9.17) is 11.6 Å². The lowest BCUT2D eigenvalue weighted by molar-refractivity contribution is 0.0981. The maximum absolute atomic E-state index is 13.6. The van der Waals surface area contributed by atoms with Crippen molar-refractivity contribution in [2.45, 2.75) is 18.4 Å². The summed E-state index contributed by atoms with van der Waals surface area (Å²) in [6.07, 6.45) is 2.73. The highest BCUT2D eigenvalue weighted by molar-refractivity contribution is 7.90. The number of fused-ring (bicyclic) bond motifs is 1. The van der Waals surface area contributed by atoms with Gasteiger partial charge in [0.1, 0.15) is 0 Å². The van der Waals surface area contributed by atoms with E-state index in [9.17, 15) is 13.2 Å². The largest absolute Gasteiger partial charge is 0.278 e. The molecule has 0 aliphatic rings. The first-order valence-electron chi connectivity index (χ1n) is 9.31. The number of hydrogen-bond acceptors (Lipinski definition) is 6. The molecule has 0 saturated heterocycles. The lowest BCUT2D eigenvalue weighted by Gasteiger charge is -2.20. The van der Waals surface area contributed by atoms with E-state index in [0.717, 1.165) is 22.0 Å². The van der Waals surface area contributed by atoms with Gasteiger partial charge < -0.3 is 0 Å². The molecule has 0 spiro atoms. The number of halogens is 1. The Bertz CT molecular complexity index is 1390. The van der Waals surface area contributed by atoms with Crippen LogP contribution in [0.25, 0.3) is 10.2 Å². The summed E-state index contributed by atoms with van der Waals surface area (Å²) in [5, 5.41) is 1.03. The predicted molar refractivity (Wildman–Crippen MR) is 124 cm³/mol. The van der Waals surface area contributed by atoms with E-state index in [1.54, 1.807) is 36.5 Å². The Kier molecular flexibility index (Phi) is 5.79. The Labute approximate surface area is 189 Å². The van der Waals surface area contributed by atoms with Gasteiger partial charge in [-0.05, 0) is 48.9 Å². The molecule has 2 aromatic heterocycles. The molecule has 6 nitrogen and oxygen atoms in total. The fraction of sp³-hybridized carbons (Fsp3) is 0.136. The third-order valence-corrected chi connectivity index (χ3v) is 7.08. The third-order valence-electron chi connectivity index (χ3n) is 4.68. The van der Waals surface area contributed by atoms with Crippen LogP contribution in [0.5, 0.6) is 0 Å². The molecule has 0 N–H and O–H groups in total. The van der Waals surface area contributed by atoms with Gasteiger partial charge in [-0.3, -0.25) is 14.7 Å². The van der Waals surface area contributed by atoms with Crippen LogP contribution in [0.4, 0.5) is 5.13 Å². The van der Waals surface area contributed by atoms with Crippen LogP contribution in [0, 0.1) is 6.92 Å². The van der Waals surface area contributed by atoms with Gasteiger partial charge in [0.05, 0.1) is 32.9 Å². The molecule has 0 saturated carbocycles. The van der Waals surface area contributed by atoms with Crippen molar-refractivity contribution in [2.75, 3.05) is 11.2 Å². The quantitative estimate of drug-likeness (QED) is 0.413. The van der Waals surface area contributed by atoms with Gasteiger partial charge in [0.25, 0.3) is 5.91 Å². The Morgan fingerprint density at radius 2 is 1.87 bits per heavy atom. The van der Waals surface area contributed by atoms with Gasteiger partial charge in [-0.15, -0.1) is 0 Å². The summed E-state index contributed by atoms with van der Waals surface area (Å²) in [6.45, 7) is 2.05. The van der Waals surface area contributed by atoms with Crippen LogP contribution in [0.2, 0.25) is 5.02 Å². The number of pyridine rings is 1. The number of thiazole rings is 1. The summed E-state index contributed by atoms with van der Waals surface area (Å²) in [4.78, 5) is 24.1. The fourth-order valence-electron chi connectivity index (χ4n) is 3.25. The van der Waals surface area contributed by atoms with Crippen molar-refractivity contribution in [3.63, 3.8) is 0 Å². The first kappa shape index (κ1) is 21.4.